The van der Waals surface area contributed by atoms with Crippen LogP contribution < -0.4 is 0 Å². The normalized spacial score (nSPS) is 20.4. The van der Waals surface area contributed by atoms with Crippen molar-refractivity contribution in [1.82, 2.24) is 9.80 Å². The molecule has 0 unspecified atom stereocenters. The first-order chi connectivity index (χ1) is 12.4. The van der Waals surface area contributed by atoms with E-state index in [-0.39, 0.29) is 18.6 Å². The zero-order valence-corrected chi connectivity index (χ0v) is 15.1. The minimum Gasteiger partial charge on any atom is -0.433 e. The zero-order chi connectivity index (χ0) is 18.7. The molecule has 2 fully saturated rings. The minimum atomic E-state index is -1.20. The van der Waals surface area contributed by atoms with E-state index < -0.39 is 17.6 Å². The van der Waals surface area contributed by atoms with Crippen molar-refractivity contribution in [3.63, 3.8) is 0 Å². The minimum absolute atomic E-state index is 0.108. The molecule has 2 aliphatic rings. The van der Waals surface area contributed by atoms with Crippen LogP contribution in [0.15, 0.2) is 30.3 Å². The summed E-state index contributed by atoms with van der Waals surface area (Å²) in [6.45, 7) is 4.44. The Morgan fingerprint density at radius 3 is 2.42 bits per heavy atom. The van der Waals surface area contributed by atoms with Crippen molar-refractivity contribution < 1.29 is 23.9 Å². The Morgan fingerprint density at radius 1 is 1.19 bits per heavy atom. The molecule has 3 rings (SSSR count). The van der Waals surface area contributed by atoms with Gasteiger partial charge in [0.15, 0.2) is 5.60 Å². The molecule has 2 saturated heterocycles. The van der Waals surface area contributed by atoms with E-state index in [0.717, 1.165) is 23.3 Å². The molecule has 0 bridgehead atoms. The van der Waals surface area contributed by atoms with E-state index in [1.54, 1.807) is 4.90 Å². The van der Waals surface area contributed by atoms with Crippen LogP contribution >= 0.6 is 0 Å². The first-order valence-corrected chi connectivity index (χ1v) is 8.85. The fraction of sp³-hybridized carbons (Fsp3) is 0.526. The Bertz CT molecular complexity index is 680. The van der Waals surface area contributed by atoms with Gasteiger partial charge in [0.25, 0.3) is 5.91 Å². The third-order valence-corrected chi connectivity index (χ3v) is 4.74. The van der Waals surface area contributed by atoms with Crippen LogP contribution in [-0.4, -0.2) is 59.0 Å². The van der Waals surface area contributed by atoms with Crippen LogP contribution in [0.2, 0.25) is 0 Å². The highest BCUT2D eigenvalue weighted by atomic mass is 16.6. The predicted octanol–water partition coefficient (Wildman–Crippen LogP) is 1.95. The standard InChI is InChI=1S/C19H24N2O5/c1-19(2)17(23)21(18(24)26-19)12-16(22)20-10-8-15(9-11-20)25-13-14-6-4-3-5-7-14/h3-7,15H,8-13H2,1-2H3. The van der Waals surface area contributed by atoms with Crippen molar-refractivity contribution in [2.75, 3.05) is 19.6 Å². The first kappa shape index (κ1) is 18.4. The first-order valence-electron chi connectivity index (χ1n) is 8.85. The van der Waals surface area contributed by atoms with Crippen LogP contribution in [0.4, 0.5) is 4.79 Å². The molecule has 7 heteroatoms. The molecule has 3 amide bonds. The highest BCUT2D eigenvalue weighted by Gasteiger charge is 2.48. The third-order valence-electron chi connectivity index (χ3n) is 4.74. The van der Waals surface area contributed by atoms with Crippen LogP contribution in [0.5, 0.6) is 0 Å². The molecule has 0 atom stereocenters. The second kappa shape index (κ2) is 7.45. The predicted molar refractivity (Wildman–Crippen MR) is 93.1 cm³/mol. The maximum absolute atomic E-state index is 12.4. The number of hydrogen-bond acceptors (Lipinski definition) is 5. The van der Waals surface area contributed by atoms with Gasteiger partial charge in [-0.3, -0.25) is 9.59 Å². The van der Waals surface area contributed by atoms with Gasteiger partial charge in [0.05, 0.1) is 12.7 Å². The Hall–Kier alpha value is -2.41. The number of hydrogen-bond donors (Lipinski definition) is 0. The summed E-state index contributed by atoms with van der Waals surface area (Å²) in [5.74, 6) is -0.716. The molecule has 0 aliphatic carbocycles. The number of amides is 3. The number of rotatable bonds is 5. The average Bonchev–Trinajstić information content (AvgIpc) is 2.83. The van der Waals surface area contributed by atoms with Crippen LogP contribution in [0.25, 0.3) is 0 Å². The highest BCUT2D eigenvalue weighted by molar-refractivity contribution is 6.04. The van der Waals surface area contributed by atoms with Gasteiger partial charge in [-0.15, -0.1) is 0 Å². The number of nitrogens with zero attached hydrogens (tertiary/aromatic N) is 2. The van der Waals surface area contributed by atoms with E-state index >= 15 is 0 Å². The average molecular weight is 360 g/mol. The lowest BCUT2D eigenvalue weighted by molar-refractivity contribution is -0.141. The molecule has 0 radical (unpaired) electrons. The summed E-state index contributed by atoms with van der Waals surface area (Å²) in [5, 5.41) is 0. The van der Waals surface area contributed by atoms with Crippen molar-refractivity contribution in [3.05, 3.63) is 35.9 Å². The lowest BCUT2D eigenvalue weighted by atomic mass is 10.1. The SMILES string of the molecule is CC1(C)OC(=O)N(CC(=O)N2CCC(OCc3ccccc3)CC2)C1=O. The molecular formula is C19H24N2O5. The number of imide groups is 1. The fourth-order valence-corrected chi connectivity index (χ4v) is 3.16. The molecule has 26 heavy (non-hydrogen) atoms. The van der Waals surface area contributed by atoms with Gasteiger partial charge in [0.2, 0.25) is 5.91 Å². The molecule has 2 aliphatic heterocycles. The summed E-state index contributed by atoms with van der Waals surface area (Å²) in [6, 6.07) is 9.96. The number of benzene rings is 1. The number of piperidine rings is 1. The van der Waals surface area contributed by atoms with E-state index in [0.29, 0.717) is 19.7 Å². The molecule has 1 aromatic carbocycles. The van der Waals surface area contributed by atoms with Crippen LogP contribution in [0.3, 0.4) is 0 Å². The largest absolute Gasteiger partial charge is 0.433 e. The molecule has 0 aromatic heterocycles. The van der Waals surface area contributed by atoms with E-state index in [1.807, 2.05) is 30.3 Å². The zero-order valence-electron chi connectivity index (χ0n) is 15.1. The molecule has 0 N–H and O–H groups in total. The van der Waals surface area contributed by atoms with E-state index in [2.05, 4.69) is 0 Å². The second-order valence-corrected chi connectivity index (χ2v) is 7.15. The lowest BCUT2D eigenvalue weighted by Crippen LogP contribution is -2.47. The maximum Gasteiger partial charge on any atom is 0.418 e. The van der Waals surface area contributed by atoms with Crippen molar-refractivity contribution >= 4 is 17.9 Å². The van der Waals surface area contributed by atoms with Gasteiger partial charge in [-0.1, -0.05) is 30.3 Å². The van der Waals surface area contributed by atoms with E-state index in [9.17, 15) is 14.4 Å². The Kier molecular flexibility index (Phi) is 5.27. The lowest BCUT2D eigenvalue weighted by Gasteiger charge is -2.32. The third kappa shape index (κ3) is 4.04. The van der Waals surface area contributed by atoms with Gasteiger partial charge in [-0.2, -0.15) is 0 Å². The van der Waals surface area contributed by atoms with Gasteiger partial charge >= 0.3 is 6.09 Å². The highest BCUT2D eigenvalue weighted by Crippen LogP contribution is 2.24. The Balaban J connectivity index is 1.45. The molecule has 0 saturated carbocycles. The Labute approximate surface area is 152 Å². The quantitative estimate of drug-likeness (QED) is 0.802. The summed E-state index contributed by atoms with van der Waals surface area (Å²) in [5.41, 5.74) is -0.0741. The summed E-state index contributed by atoms with van der Waals surface area (Å²) in [7, 11) is 0. The van der Waals surface area contributed by atoms with Gasteiger partial charge in [0.1, 0.15) is 6.54 Å². The molecular weight excluding hydrogens is 336 g/mol. The summed E-state index contributed by atoms with van der Waals surface area (Å²) >= 11 is 0. The van der Waals surface area contributed by atoms with E-state index in [1.165, 1.54) is 13.8 Å². The summed E-state index contributed by atoms with van der Waals surface area (Å²) < 4.78 is 10.9. The summed E-state index contributed by atoms with van der Waals surface area (Å²) in [4.78, 5) is 38.9. The molecule has 2 heterocycles. The van der Waals surface area contributed by atoms with Crippen molar-refractivity contribution in [1.29, 1.82) is 0 Å². The van der Waals surface area contributed by atoms with Crippen LogP contribution in [-0.2, 0) is 25.7 Å². The van der Waals surface area contributed by atoms with Crippen molar-refractivity contribution in [2.45, 2.75) is 45.0 Å². The number of ether oxygens (including phenoxy) is 2. The van der Waals surface area contributed by atoms with Crippen LogP contribution in [0.1, 0.15) is 32.3 Å². The van der Waals surface area contributed by atoms with Gasteiger partial charge in [-0.25, -0.2) is 9.69 Å². The smallest absolute Gasteiger partial charge is 0.418 e. The van der Waals surface area contributed by atoms with Crippen LogP contribution in [0, 0.1) is 0 Å². The molecule has 0 spiro atoms. The maximum atomic E-state index is 12.4. The number of carbonyl (C=O) groups excluding carboxylic acids is 3. The van der Waals surface area contributed by atoms with Crippen molar-refractivity contribution in [2.24, 2.45) is 0 Å². The fourth-order valence-electron chi connectivity index (χ4n) is 3.16. The monoisotopic (exact) mass is 360 g/mol. The number of cyclic esters (lactones) is 1. The van der Waals surface area contributed by atoms with Gasteiger partial charge < -0.3 is 14.4 Å². The second-order valence-electron chi connectivity index (χ2n) is 7.15. The van der Waals surface area contributed by atoms with E-state index in [4.69, 9.17) is 9.47 Å². The van der Waals surface area contributed by atoms with Gasteiger partial charge in [0, 0.05) is 13.1 Å². The topological polar surface area (TPSA) is 76.2 Å². The molecule has 7 nitrogen and oxygen atoms in total. The number of likely N-dealkylation sites (tertiary alicyclic amines) is 1. The number of carbonyl (C=O) groups is 3. The Morgan fingerprint density at radius 2 is 1.85 bits per heavy atom. The summed E-state index contributed by atoms with van der Waals surface area (Å²) in [6.07, 6.45) is 0.830. The molecule has 140 valence electrons. The molecule has 1 aromatic rings. The van der Waals surface area contributed by atoms with Gasteiger partial charge in [-0.05, 0) is 32.3 Å². The van der Waals surface area contributed by atoms with Crippen molar-refractivity contribution in [3.8, 4) is 0 Å².